The van der Waals surface area contributed by atoms with Crippen molar-refractivity contribution in [1.82, 2.24) is 15.2 Å². The smallest absolute Gasteiger partial charge is 0.354 e. The molecule has 2 amide bonds. The maximum Gasteiger partial charge on any atom is 0.354 e. The van der Waals surface area contributed by atoms with Crippen LogP contribution in [0.3, 0.4) is 0 Å². The number of likely N-dealkylation sites (tertiary alicyclic amines) is 1. The standard InChI is InChI=1S/C14H17N3O4/c1-9(13(19)17-7-2-3-8-17)15-12(18)10-5-4-6-11(16-10)14(20)21/h4-6,9H,2-3,7-8H2,1H3,(H,15,18)(H,20,21). The number of carbonyl (C=O) groups excluding carboxylic acids is 2. The molecule has 1 aromatic heterocycles. The van der Waals surface area contributed by atoms with Crippen molar-refractivity contribution >= 4 is 17.8 Å². The molecule has 2 N–H and O–H groups in total. The topological polar surface area (TPSA) is 99.6 Å². The van der Waals surface area contributed by atoms with Gasteiger partial charge in [-0.25, -0.2) is 9.78 Å². The molecule has 112 valence electrons. The second-order valence-corrected chi connectivity index (χ2v) is 4.94. The molecule has 21 heavy (non-hydrogen) atoms. The SMILES string of the molecule is CC(NC(=O)c1cccc(C(=O)O)n1)C(=O)N1CCCC1. The molecule has 0 spiro atoms. The fourth-order valence-electron chi connectivity index (χ4n) is 2.22. The van der Waals surface area contributed by atoms with Crippen LogP contribution in [0.4, 0.5) is 0 Å². The van der Waals surface area contributed by atoms with E-state index in [4.69, 9.17) is 5.11 Å². The quantitative estimate of drug-likeness (QED) is 0.842. The lowest BCUT2D eigenvalue weighted by atomic mass is 10.2. The Kier molecular flexibility index (Phi) is 4.52. The summed E-state index contributed by atoms with van der Waals surface area (Å²) >= 11 is 0. The molecule has 0 saturated carbocycles. The second kappa shape index (κ2) is 6.34. The number of nitrogens with zero attached hydrogens (tertiary/aromatic N) is 2. The molecule has 1 atom stereocenters. The van der Waals surface area contributed by atoms with E-state index in [1.54, 1.807) is 11.8 Å². The van der Waals surface area contributed by atoms with Gasteiger partial charge in [0.1, 0.15) is 17.4 Å². The lowest BCUT2D eigenvalue weighted by Crippen LogP contribution is -2.46. The van der Waals surface area contributed by atoms with Gasteiger partial charge in [0.2, 0.25) is 5.91 Å². The van der Waals surface area contributed by atoms with Gasteiger partial charge in [-0.05, 0) is 31.9 Å². The molecule has 1 fully saturated rings. The van der Waals surface area contributed by atoms with E-state index in [2.05, 4.69) is 10.3 Å². The van der Waals surface area contributed by atoms with Gasteiger partial charge >= 0.3 is 5.97 Å². The van der Waals surface area contributed by atoms with Gasteiger partial charge in [0, 0.05) is 13.1 Å². The van der Waals surface area contributed by atoms with Gasteiger partial charge < -0.3 is 15.3 Å². The Bertz CT molecular complexity index is 567. The maximum atomic E-state index is 12.1. The molecule has 7 nitrogen and oxygen atoms in total. The third kappa shape index (κ3) is 3.56. The Hall–Kier alpha value is -2.44. The first-order valence-corrected chi connectivity index (χ1v) is 6.79. The summed E-state index contributed by atoms with van der Waals surface area (Å²) in [6, 6.07) is 3.50. The third-order valence-electron chi connectivity index (χ3n) is 3.34. The van der Waals surface area contributed by atoms with Crippen LogP contribution in [0.5, 0.6) is 0 Å². The van der Waals surface area contributed by atoms with E-state index in [0.717, 1.165) is 12.8 Å². The first kappa shape index (κ1) is 15.0. The average Bonchev–Trinajstić information content (AvgIpc) is 3.00. The molecular weight excluding hydrogens is 274 g/mol. The van der Waals surface area contributed by atoms with Crippen molar-refractivity contribution in [3.8, 4) is 0 Å². The van der Waals surface area contributed by atoms with Crippen molar-refractivity contribution in [2.75, 3.05) is 13.1 Å². The number of pyridine rings is 1. The molecule has 1 unspecified atom stereocenters. The van der Waals surface area contributed by atoms with Crippen LogP contribution in [0.2, 0.25) is 0 Å². The first-order chi connectivity index (χ1) is 9.99. The zero-order chi connectivity index (χ0) is 15.4. The van der Waals surface area contributed by atoms with Crippen LogP contribution in [-0.2, 0) is 4.79 Å². The van der Waals surface area contributed by atoms with Gasteiger partial charge in [-0.2, -0.15) is 0 Å². The summed E-state index contributed by atoms with van der Waals surface area (Å²) < 4.78 is 0. The number of amides is 2. The Balaban J connectivity index is 2.01. The molecule has 2 heterocycles. The van der Waals surface area contributed by atoms with E-state index in [9.17, 15) is 14.4 Å². The van der Waals surface area contributed by atoms with Crippen LogP contribution in [0.1, 0.15) is 40.7 Å². The predicted octanol–water partition coefficient (Wildman–Crippen LogP) is 0.520. The van der Waals surface area contributed by atoms with Gasteiger partial charge in [-0.1, -0.05) is 6.07 Å². The number of hydrogen-bond donors (Lipinski definition) is 2. The van der Waals surface area contributed by atoms with E-state index in [1.807, 2.05) is 0 Å². The first-order valence-electron chi connectivity index (χ1n) is 6.79. The summed E-state index contributed by atoms with van der Waals surface area (Å²) in [6.07, 6.45) is 1.96. The zero-order valence-corrected chi connectivity index (χ0v) is 11.7. The number of aromatic carboxylic acids is 1. The Morgan fingerprint density at radius 3 is 2.48 bits per heavy atom. The number of aromatic nitrogens is 1. The van der Waals surface area contributed by atoms with E-state index in [0.29, 0.717) is 13.1 Å². The maximum absolute atomic E-state index is 12.1. The lowest BCUT2D eigenvalue weighted by molar-refractivity contribution is -0.131. The van der Waals surface area contributed by atoms with Gasteiger partial charge in [-0.15, -0.1) is 0 Å². The number of hydrogen-bond acceptors (Lipinski definition) is 4. The van der Waals surface area contributed by atoms with Crippen molar-refractivity contribution in [2.24, 2.45) is 0 Å². The van der Waals surface area contributed by atoms with E-state index in [1.165, 1.54) is 18.2 Å². The number of carboxylic acid groups (broad SMARTS) is 1. The second-order valence-electron chi connectivity index (χ2n) is 4.94. The van der Waals surface area contributed by atoms with E-state index < -0.39 is 17.9 Å². The van der Waals surface area contributed by atoms with Crippen LogP contribution in [-0.4, -0.2) is 51.9 Å². The molecular formula is C14H17N3O4. The van der Waals surface area contributed by atoms with Crippen molar-refractivity contribution in [3.05, 3.63) is 29.6 Å². The predicted molar refractivity (Wildman–Crippen MR) is 73.9 cm³/mol. The number of carbonyl (C=O) groups is 3. The summed E-state index contributed by atoms with van der Waals surface area (Å²) in [6.45, 7) is 3.04. The van der Waals surface area contributed by atoms with Crippen molar-refractivity contribution in [1.29, 1.82) is 0 Å². The van der Waals surface area contributed by atoms with Gasteiger partial charge in [0.15, 0.2) is 0 Å². The highest BCUT2D eigenvalue weighted by molar-refractivity contribution is 5.97. The number of nitrogens with one attached hydrogen (secondary N) is 1. The van der Waals surface area contributed by atoms with Gasteiger partial charge in [-0.3, -0.25) is 9.59 Å². The lowest BCUT2D eigenvalue weighted by Gasteiger charge is -2.20. The van der Waals surface area contributed by atoms with Gasteiger partial charge in [0.05, 0.1) is 0 Å². The Labute approximate surface area is 122 Å². The average molecular weight is 291 g/mol. The number of rotatable bonds is 4. The molecule has 0 radical (unpaired) electrons. The highest BCUT2D eigenvalue weighted by Crippen LogP contribution is 2.09. The molecule has 7 heteroatoms. The van der Waals surface area contributed by atoms with Gasteiger partial charge in [0.25, 0.3) is 5.91 Å². The normalized spacial score (nSPS) is 15.6. The minimum Gasteiger partial charge on any atom is -0.477 e. The van der Waals surface area contributed by atoms with Crippen LogP contribution in [0.15, 0.2) is 18.2 Å². The summed E-state index contributed by atoms with van der Waals surface area (Å²) in [4.78, 5) is 40.4. The molecule has 1 aromatic rings. The number of carboxylic acids is 1. The molecule has 1 saturated heterocycles. The largest absolute Gasteiger partial charge is 0.477 e. The third-order valence-corrected chi connectivity index (χ3v) is 3.34. The fraction of sp³-hybridized carbons (Fsp3) is 0.429. The van der Waals surface area contributed by atoms with Crippen molar-refractivity contribution in [2.45, 2.75) is 25.8 Å². The molecule has 0 aliphatic carbocycles. The van der Waals surface area contributed by atoms with E-state index in [-0.39, 0.29) is 17.3 Å². The highest BCUT2D eigenvalue weighted by atomic mass is 16.4. The summed E-state index contributed by atoms with van der Waals surface area (Å²) in [7, 11) is 0. The van der Waals surface area contributed by atoms with Crippen LogP contribution in [0, 0.1) is 0 Å². The van der Waals surface area contributed by atoms with Crippen LogP contribution >= 0.6 is 0 Å². The molecule has 1 aliphatic heterocycles. The summed E-state index contributed by atoms with van der Waals surface area (Å²) in [5.41, 5.74) is -0.225. The van der Waals surface area contributed by atoms with Crippen LogP contribution < -0.4 is 5.32 Å². The Morgan fingerprint density at radius 2 is 1.86 bits per heavy atom. The molecule has 2 rings (SSSR count). The molecule has 1 aliphatic rings. The Morgan fingerprint density at radius 1 is 1.24 bits per heavy atom. The summed E-state index contributed by atoms with van der Waals surface area (Å²) in [5, 5.41) is 11.4. The van der Waals surface area contributed by atoms with Crippen molar-refractivity contribution < 1.29 is 19.5 Å². The highest BCUT2D eigenvalue weighted by Gasteiger charge is 2.25. The van der Waals surface area contributed by atoms with E-state index >= 15 is 0 Å². The molecule has 0 aromatic carbocycles. The molecule has 0 bridgehead atoms. The zero-order valence-electron chi connectivity index (χ0n) is 11.7. The monoisotopic (exact) mass is 291 g/mol. The summed E-state index contributed by atoms with van der Waals surface area (Å²) in [5.74, 6) is -1.89. The minimum absolute atomic E-state index is 0.0176. The minimum atomic E-state index is -1.20. The van der Waals surface area contributed by atoms with Crippen molar-refractivity contribution in [3.63, 3.8) is 0 Å². The van der Waals surface area contributed by atoms with Crippen LogP contribution in [0.25, 0.3) is 0 Å². The fourth-order valence-corrected chi connectivity index (χ4v) is 2.22.